The molecule has 0 radical (unpaired) electrons. The van der Waals surface area contributed by atoms with Crippen LogP contribution < -0.4 is 10.1 Å². The predicted molar refractivity (Wildman–Crippen MR) is 76.2 cm³/mol. The van der Waals surface area contributed by atoms with Gasteiger partial charge in [0.25, 0.3) is 0 Å². The molecule has 0 heterocycles. The highest BCUT2D eigenvalue weighted by Gasteiger charge is 2.53. The topological polar surface area (TPSA) is 21.3 Å². The van der Waals surface area contributed by atoms with Gasteiger partial charge in [0, 0.05) is 23.1 Å². The molecule has 2 nitrogen and oxygen atoms in total. The Morgan fingerprint density at radius 3 is 2.44 bits per heavy atom. The van der Waals surface area contributed by atoms with Crippen LogP contribution in [0.3, 0.4) is 0 Å². The van der Waals surface area contributed by atoms with Crippen molar-refractivity contribution in [2.75, 3.05) is 13.7 Å². The molecule has 0 aliphatic heterocycles. The van der Waals surface area contributed by atoms with Gasteiger partial charge in [0.15, 0.2) is 0 Å². The molecule has 0 bridgehead atoms. The van der Waals surface area contributed by atoms with Crippen LogP contribution >= 0.6 is 0 Å². The molecule has 0 amide bonds. The molecule has 1 N–H and O–H groups in total. The number of methoxy groups -OCH3 is 1. The zero-order chi connectivity index (χ0) is 13.4. The molecule has 1 aliphatic carbocycles. The predicted octanol–water partition coefficient (Wildman–Crippen LogP) is 3.36. The van der Waals surface area contributed by atoms with Gasteiger partial charge in [-0.2, -0.15) is 0 Å². The van der Waals surface area contributed by atoms with Crippen LogP contribution in [-0.2, 0) is 5.41 Å². The fraction of sp³-hybridized carbons (Fsp3) is 0.625. The average molecular weight is 247 g/mol. The number of benzene rings is 1. The summed E-state index contributed by atoms with van der Waals surface area (Å²) in [6, 6.07) is 8.44. The van der Waals surface area contributed by atoms with Gasteiger partial charge in [-0.25, -0.2) is 0 Å². The molecule has 0 spiro atoms. The lowest BCUT2D eigenvalue weighted by Crippen LogP contribution is -2.41. The van der Waals surface area contributed by atoms with Gasteiger partial charge in [0.1, 0.15) is 5.75 Å². The van der Waals surface area contributed by atoms with Crippen molar-refractivity contribution >= 4 is 0 Å². The van der Waals surface area contributed by atoms with Crippen molar-refractivity contribution in [2.45, 2.75) is 45.1 Å². The van der Waals surface area contributed by atoms with E-state index in [9.17, 15) is 0 Å². The quantitative estimate of drug-likeness (QED) is 0.881. The Morgan fingerprint density at radius 2 is 1.94 bits per heavy atom. The van der Waals surface area contributed by atoms with Gasteiger partial charge >= 0.3 is 0 Å². The Balaban J connectivity index is 2.23. The number of ether oxygens (including phenoxy) is 1. The summed E-state index contributed by atoms with van der Waals surface area (Å²) in [6.07, 6.45) is 1.25. The minimum atomic E-state index is 0.164. The van der Waals surface area contributed by atoms with Crippen LogP contribution in [0.1, 0.15) is 39.7 Å². The summed E-state index contributed by atoms with van der Waals surface area (Å²) in [5.74, 6) is 1.75. The first-order chi connectivity index (χ1) is 8.39. The second kappa shape index (κ2) is 4.58. The van der Waals surface area contributed by atoms with Crippen LogP contribution in [0.25, 0.3) is 0 Å². The summed E-state index contributed by atoms with van der Waals surface area (Å²) < 4.78 is 5.52. The maximum absolute atomic E-state index is 5.52. The summed E-state index contributed by atoms with van der Waals surface area (Å²) >= 11 is 0. The Labute approximate surface area is 111 Å². The first-order valence-electron chi connectivity index (χ1n) is 6.77. The van der Waals surface area contributed by atoms with E-state index in [0.717, 1.165) is 18.2 Å². The van der Waals surface area contributed by atoms with Crippen molar-refractivity contribution in [1.29, 1.82) is 0 Å². The smallest absolute Gasteiger partial charge is 0.122 e. The summed E-state index contributed by atoms with van der Waals surface area (Å²) in [6.45, 7) is 10.0. The van der Waals surface area contributed by atoms with Gasteiger partial charge in [0.05, 0.1) is 7.11 Å². The molecule has 100 valence electrons. The Hall–Kier alpha value is -1.02. The van der Waals surface area contributed by atoms with Gasteiger partial charge in [-0.05, 0) is 39.2 Å². The van der Waals surface area contributed by atoms with E-state index >= 15 is 0 Å². The maximum atomic E-state index is 5.52. The second-order valence-corrected chi connectivity index (χ2v) is 6.57. The third kappa shape index (κ3) is 2.54. The molecule has 2 unspecified atom stereocenters. The van der Waals surface area contributed by atoms with Crippen LogP contribution in [0, 0.1) is 5.92 Å². The van der Waals surface area contributed by atoms with Crippen molar-refractivity contribution in [3.8, 4) is 5.75 Å². The minimum absolute atomic E-state index is 0.164. The molecule has 2 atom stereocenters. The van der Waals surface area contributed by atoms with Crippen molar-refractivity contribution < 1.29 is 4.74 Å². The zero-order valence-corrected chi connectivity index (χ0v) is 12.2. The Bertz CT molecular complexity index is 421. The van der Waals surface area contributed by atoms with Gasteiger partial charge < -0.3 is 10.1 Å². The average Bonchev–Trinajstić information content (AvgIpc) is 2.98. The fourth-order valence-corrected chi connectivity index (χ4v) is 2.68. The van der Waals surface area contributed by atoms with E-state index in [1.54, 1.807) is 7.11 Å². The Morgan fingerprint density at radius 1 is 1.33 bits per heavy atom. The van der Waals surface area contributed by atoms with E-state index in [1.165, 1.54) is 12.0 Å². The fourth-order valence-electron chi connectivity index (χ4n) is 2.68. The van der Waals surface area contributed by atoms with Crippen LogP contribution in [0.5, 0.6) is 5.75 Å². The molecule has 1 aromatic carbocycles. The molecule has 1 saturated carbocycles. The Kier molecular flexibility index (Phi) is 3.41. The number of hydrogen-bond acceptors (Lipinski definition) is 2. The van der Waals surface area contributed by atoms with E-state index in [-0.39, 0.29) is 11.0 Å². The molecule has 1 aliphatic rings. The maximum Gasteiger partial charge on any atom is 0.122 e. The summed E-state index contributed by atoms with van der Waals surface area (Å²) in [5.41, 5.74) is 1.79. The SMILES string of the molecule is COc1ccccc1C1(CNC(C)(C)C)CC1C. The molecule has 0 aromatic heterocycles. The molecule has 18 heavy (non-hydrogen) atoms. The number of para-hydroxylation sites is 1. The zero-order valence-electron chi connectivity index (χ0n) is 12.2. The highest BCUT2D eigenvalue weighted by molar-refractivity contribution is 5.44. The van der Waals surface area contributed by atoms with Crippen molar-refractivity contribution in [3.05, 3.63) is 29.8 Å². The third-order valence-corrected chi connectivity index (χ3v) is 4.03. The largest absolute Gasteiger partial charge is 0.496 e. The number of rotatable bonds is 4. The molecular formula is C16H25NO. The first kappa shape index (κ1) is 13.4. The molecular weight excluding hydrogens is 222 g/mol. The van der Waals surface area contributed by atoms with E-state index in [2.05, 4.69) is 51.2 Å². The third-order valence-electron chi connectivity index (χ3n) is 4.03. The first-order valence-corrected chi connectivity index (χ1v) is 6.77. The second-order valence-electron chi connectivity index (χ2n) is 6.57. The molecule has 2 rings (SSSR count). The highest BCUT2D eigenvalue weighted by atomic mass is 16.5. The summed E-state index contributed by atoms with van der Waals surface area (Å²) in [5, 5.41) is 3.65. The van der Waals surface area contributed by atoms with Crippen LogP contribution in [0.4, 0.5) is 0 Å². The monoisotopic (exact) mass is 247 g/mol. The lowest BCUT2D eigenvalue weighted by atomic mass is 9.91. The van der Waals surface area contributed by atoms with Crippen molar-refractivity contribution in [3.63, 3.8) is 0 Å². The molecule has 0 saturated heterocycles. The van der Waals surface area contributed by atoms with Crippen LogP contribution in [-0.4, -0.2) is 19.2 Å². The lowest BCUT2D eigenvalue weighted by Gasteiger charge is -2.27. The highest BCUT2D eigenvalue weighted by Crippen LogP contribution is 2.56. The van der Waals surface area contributed by atoms with E-state index in [0.29, 0.717) is 0 Å². The molecule has 1 fully saturated rings. The number of nitrogens with one attached hydrogen (secondary N) is 1. The minimum Gasteiger partial charge on any atom is -0.496 e. The van der Waals surface area contributed by atoms with Crippen LogP contribution in [0.2, 0.25) is 0 Å². The van der Waals surface area contributed by atoms with E-state index in [4.69, 9.17) is 4.74 Å². The van der Waals surface area contributed by atoms with Gasteiger partial charge in [-0.3, -0.25) is 0 Å². The normalized spacial score (nSPS) is 27.1. The molecule has 2 heteroatoms. The van der Waals surface area contributed by atoms with Crippen molar-refractivity contribution in [2.24, 2.45) is 5.92 Å². The van der Waals surface area contributed by atoms with Crippen LogP contribution in [0.15, 0.2) is 24.3 Å². The van der Waals surface area contributed by atoms with Gasteiger partial charge in [0.2, 0.25) is 0 Å². The van der Waals surface area contributed by atoms with E-state index < -0.39 is 0 Å². The summed E-state index contributed by atoms with van der Waals surface area (Å²) in [7, 11) is 1.76. The van der Waals surface area contributed by atoms with Crippen molar-refractivity contribution in [1.82, 2.24) is 5.32 Å². The van der Waals surface area contributed by atoms with Gasteiger partial charge in [-0.1, -0.05) is 25.1 Å². The standard InChI is InChI=1S/C16H25NO/c1-12-10-16(12,11-17-15(2,3)4)13-8-6-7-9-14(13)18-5/h6-9,12,17H,10-11H2,1-5H3. The molecule has 1 aromatic rings. The lowest BCUT2D eigenvalue weighted by molar-refractivity contribution is 0.373. The van der Waals surface area contributed by atoms with E-state index in [1.807, 2.05) is 6.07 Å². The van der Waals surface area contributed by atoms with Gasteiger partial charge in [-0.15, -0.1) is 0 Å². The summed E-state index contributed by atoms with van der Waals surface area (Å²) in [4.78, 5) is 0. The number of hydrogen-bond donors (Lipinski definition) is 1.